The molecule has 14 heavy (non-hydrogen) atoms. The summed E-state index contributed by atoms with van der Waals surface area (Å²) in [5.41, 5.74) is -2.35. The van der Waals surface area contributed by atoms with Crippen molar-refractivity contribution < 1.29 is 23.8 Å². The zero-order valence-electron chi connectivity index (χ0n) is 8.54. The lowest BCUT2D eigenvalue weighted by Crippen LogP contribution is -2.54. The van der Waals surface area contributed by atoms with Gasteiger partial charge in [0.1, 0.15) is 5.60 Å². The van der Waals surface area contributed by atoms with Crippen molar-refractivity contribution in [1.29, 1.82) is 0 Å². The minimum absolute atomic E-state index is 0.663. The van der Waals surface area contributed by atoms with Gasteiger partial charge in [-0.1, -0.05) is 0 Å². The zero-order valence-corrected chi connectivity index (χ0v) is 8.54. The molecule has 2 aliphatic rings. The fourth-order valence-electron chi connectivity index (χ4n) is 1.63. The molecule has 0 N–H and O–H groups in total. The Labute approximate surface area is 81.3 Å². The Bertz CT molecular complexity index is 308. The van der Waals surface area contributed by atoms with Crippen LogP contribution in [0.4, 0.5) is 0 Å². The fourth-order valence-corrected chi connectivity index (χ4v) is 1.63. The number of carbonyl (C=O) groups excluding carboxylic acids is 2. The van der Waals surface area contributed by atoms with Gasteiger partial charge in [0.15, 0.2) is 0 Å². The topological polar surface area (TPSA) is 65.1 Å². The summed E-state index contributed by atoms with van der Waals surface area (Å²) >= 11 is 0. The quantitative estimate of drug-likeness (QED) is 0.321. The second-order valence-corrected chi connectivity index (χ2v) is 4.47. The highest BCUT2D eigenvalue weighted by Crippen LogP contribution is 2.52. The number of cyclic esters (lactones) is 2. The standard InChI is InChI=1S/C9H12O5/c1-7(2)9(14-7)5(10)12-8(3,4)13-6(9)11/h1-4H3. The van der Waals surface area contributed by atoms with Crippen LogP contribution in [-0.2, 0) is 23.8 Å². The van der Waals surface area contributed by atoms with Crippen LogP contribution in [0.25, 0.3) is 0 Å². The average Bonchev–Trinajstić information content (AvgIpc) is 2.50. The highest BCUT2D eigenvalue weighted by atomic mass is 16.8. The predicted octanol–water partition coefficient (Wildman–Crippen LogP) is 0.370. The first kappa shape index (κ1) is 9.45. The van der Waals surface area contributed by atoms with Gasteiger partial charge in [0.2, 0.25) is 0 Å². The summed E-state index contributed by atoms with van der Waals surface area (Å²) in [5.74, 6) is -2.52. The van der Waals surface area contributed by atoms with Crippen LogP contribution >= 0.6 is 0 Å². The Kier molecular flexibility index (Phi) is 1.42. The Morgan fingerprint density at radius 3 is 1.57 bits per heavy atom. The van der Waals surface area contributed by atoms with Gasteiger partial charge in [-0.2, -0.15) is 0 Å². The number of esters is 2. The van der Waals surface area contributed by atoms with Crippen molar-refractivity contribution in [2.24, 2.45) is 0 Å². The third-order valence-corrected chi connectivity index (χ3v) is 2.47. The van der Waals surface area contributed by atoms with Crippen molar-refractivity contribution in [2.75, 3.05) is 0 Å². The number of epoxide rings is 1. The Morgan fingerprint density at radius 1 is 0.929 bits per heavy atom. The normalized spacial score (nSPS) is 30.9. The van der Waals surface area contributed by atoms with E-state index in [-0.39, 0.29) is 0 Å². The van der Waals surface area contributed by atoms with Gasteiger partial charge in [-0.3, -0.25) is 0 Å². The van der Waals surface area contributed by atoms with Gasteiger partial charge in [0, 0.05) is 13.8 Å². The van der Waals surface area contributed by atoms with Crippen molar-refractivity contribution >= 4 is 11.9 Å². The molecule has 2 aliphatic heterocycles. The van der Waals surface area contributed by atoms with Crippen molar-refractivity contribution in [2.45, 2.75) is 44.7 Å². The maximum absolute atomic E-state index is 11.6. The molecule has 0 saturated carbocycles. The van der Waals surface area contributed by atoms with E-state index < -0.39 is 28.9 Å². The molecule has 0 bridgehead atoms. The molecule has 0 aliphatic carbocycles. The minimum atomic E-state index is -1.53. The molecule has 78 valence electrons. The molecule has 0 aromatic carbocycles. The van der Waals surface area contributed by atoms with E-state index in [1.165, 1.54) is 13.8 Å². The van der Waals surface area contributed by atoms with Gasteiger partial charge >= 0.3 is 11.9 Å². The molecule has 5 nitrogen and oxygen atoms in total. The molecule has 0 atom stereocenters. The molecule has 0 unspecified atom stereocenters. The molecule has 5 heteroatoms. The minimum Gasteiger partial charge on any atom is -0.420 e. The van der Waals surface area contributed by atoms with Gasteiger partial charge in [-0.25, -0.2) is 9.59 Å². The average molecular weight is 200 g/mol. The van der Waals surface area contributed by atoms with E-state index in [4.69, 9.17) is 14.2 Å². The first-order valence-electron chi connectivity index (χ1n) is 4.38. The third kappa shape index (κ3) is 0.930. The number of carbonyl (C=O) groups is 2. The predicted molar refractivity (Wildman–Crippen MR) is 44.2 cm³/mol. The van der Waals surface area contributed by atoms with E-state index in [0.29, 0.717) is 0 Å². The van der Waals surface area contributed by atoms with Gasteiger partial charge in [0.05, 0.1) is 0 Å². The first-order chi connectivity index (χ1) is 6.21. The van der Waals surface area contributed by atoms with Crippen LogP contribution in [0, 0.1) is 0 Å². The summed E-state index contributed by atoms with van der Waals surface area (Å²) in [5, 5.41) is 0. The molecule has 1 spiro atoms. The first-order valence-corrected chi connectivity index (χ1v) is 4.38. The summed E-state index contributed by atoms with van der Waals surface area (Å²) in [4.78, 5) is 23.1. The molecule has 0 aromatic heterocycles. The van der Waals surface area contributed by atoms with Crippen LogP contribution in [0.2, 0.25) is 0 Å². The molecule has 0 radical (unpaired) electrons. The van der Waals surface area contributed by atoms with Crippen molar-refractivity contribution in [3.63, 3.8) is 0 Å². The Balaban J connectivity index is 2.33. The van der Waals surface area contributed by atoms with E-state index in [0.717, 1.165) is 0 Å². The number of ether oxygens (including phenoxy) is 3. The van der Waals surface area contributed by atoms with Crippen LogP contribution in [0.5, 0.6) is 0 Å². The second kappa shape index (κ2) is 2.11. The van der Waals surface area contributed by atoms with Crippen LogP contribution < -0.4 is 0 Å². The van der Waals surface area contributed by atoms with Crippen molar-refractivity contribution in [1.82, 2.24) is 0 Å². The molecular formula is C9H12O5. The highest BCUT2D eigenvalue weighted by Gasteiger charge is 2.79. The third-order valence-electron chi connectivity index (χ3n) is 2.47. The number of hydrogen-bond donors (Lipinski definition) is 0. The van der Waals surface area contributed by atoms with Crippen LogP contribution in [-0.4, -0.2) is 28.9 Å². The fraction of sp³-hybridized carbons (Fsp3) is 0.778. The Morgan fingerprint density at radius 2 is 1.29 bits per heavy atom. The smallest absolute Gasteiger partial charge is 0.356 e. The number of rotatable bonds is 0. The molecule has 0 amide bonds. The lowest BCUT2D eigenvalue weighted by molar-refractivity contribution is -0.241. The largest absolute Gasteiger partial charge is 0.420 e. The van der Waals surface area contributed by atoms with E-state index in [9.17, 15) is 9.59 Å². The zero-order chi connectivity index (χ0) is 10.8. The maximum atomic E-state index is 11.6. The molecule has 2 saturated heterocycles. The van der Waals surface area contributed by atoms with Gasteiger partial charge in [-0.15, -0.1) is 0 Å². The summed E-state index contributed by atoms with van der Waals surface area (Å²) in [7, 11) is 0. The van der Waals surface area contributed by atoms with Crippen LogP contribution in [0.3, 0.4) is 0 Å². The lowest BCUT2D eigenvalue weighted by atomic mass is 9.95. The van der Waals surface area contributed by atoms with Gasteiger partial charge in [-0.05, 0) is 13.8 Å². The van der Waals surface area contributed by atoms with Crippen LogP contribution in [0.15, 0.2) is 0 Å². The lowest BCUT2D eigenvalue weighted by Gasteiger charge is -2.32. The molecule has 2 rings (SSSR count). The van der Waals surface area contributed by atoms with E-state index in [2.05, 4.69) is 0 Å². The molecule has 2 fully saturated rings. The van der Waals surface area contributed by atoms with Crippen LogP contribution in [0.1, 0.15) is 27.7 Å². The molecule has 2 heterocycles. The summed E-state index contributed by atoms with van der Waals surface area (Å²) < 4.78 is 15.0. The van der Waals surface area contributed by atoms with E-state index >= 15 is 0 Å². The highest BCUT2D eigenvalue weighted by molar-refractivity contribution is 6.09. The summed E-state index contributed by atoms with van der Waals surface area (Å²) in [6, 6.07) is 0. The van der Waals surface area contributed by atoms with Crippen molar-refractivity contribution in [3.05, 3.63) is 0 Å². The maximum Gasteiger partial charge on any atom is 0.356 e. The summed E-state index contributed by atoms with van der Waals surface area (Å²) in [6.45, 7) is 6.30. The Hall–Kier alpha value is -1.10. The molecular weight excluding hydrogens is 188 g/mol. The molecule has 0 aromatic rings. The van der Waals surface area contributed by atoms with E-state index in [1.807, 2.05) is 0 Å². The van der Waals surface area contributed by atoms with Crippen molar-refractivity contribution in [3.8, 4) is 0 Å². The van der Waals surface area contributed by atoms with Gasteiger partial charge < -0.3 is 14.2 Å². The SMILES string of the molecule is CC1(C)OC(=O)C2(OC2(C)C)C(=O)O1. The monoisotopic (exact) mass is 200 g/mol. The summed E-state index contributed by atoms with van der Waals surface area (Å²) in [6.07, 6.45) is 0. The second-order valence-electron chi connectivity index (χ2n) is 4.47. The number of hydrogen-bond acceptors (Lipinski definition) is 5. The van der Waals surface area contributed by atoms with Gasteiger partial charge in [0.25, 0.3) is 11.4 Å². The van der Waals surface area contributed by atoms with E-state index in [1.54, 1.807) is 13.8 Å².